The van der Waals surface area contributed by atoms with Crippen LogP contribution < -0.4 is 4.90 Å². The van der Waals surface area contributed by atoms with Gasteiger partial charge in [-0.1, -0.05) is 11.3 Å². The van der Waals surface area contributed by atoms with Gasteiger partial charge in [-0.15, -0.1) is 5.10 Å². The number of anilines is 1. The third-order valence-corrected chi connectivity index (χ3v) is 6.39. The first-order valence-electron chi connectivity index (χ1n) is 10.2. The number of nitrogens with one attached hydrogen (secondary N) is 1. The minimum atomic E-state index is -0.134. The zero-order chi connectivity index (χ0) is 20.0. The molecule has 1 atom stereocenters. The third kappa shape index (κ3) is 3.26. The quantitative estimate of drug-likeness (QED) is 0.704. The van der Waals surface area contributed by atoms with Crippen molar-refractivity contribution in [1.29, 1.82) is 0 Å². The molecule has 0 bridgehead atoms. The molecule has 1 spiro atoms. The highest BCUT2D eigenvalue weighted by Crippen LogP contribution is 2.42. The number of H-pyrrole nitrogens is 1. The Labute approximate surface area is 169 Å². The largest absolute Gasteiger partial charge is 0.390 e. The van der Waals surface area contributed by atoms with Crippen molar-refractivity contribution in [2.24, 2.45) is 5.41 Å². The molecule has 2 aliphatic heterocycles. The van der Waals surface area contributed by atoms with Crippen molar-refractivity contribution in [3.05, 3.63) is 29.6 Å². The molecule has 8 nitrogen and oxygen atoms in total. The second-order valence-electron chi connectivity index (χ2n) is 8.44. The van der Waals surface area contributed by atoms with Crippen LogP contribution in [0.5, 0.6) is 0 Å². The Bertz CT molecular complexity index is 1040. The summed E-state index contributed by atoms with van der Waals surface area (Å²) < 4.78 is 5.84. The smallest absolute Gasteiger partial charge is 0.153 e. The van der Waals surface area contributed by atoms with E-state index in [2.05, 4.69) is 27.2 Å². The van der Waals surface area contributed by atoms with Crippen LogP contribution in [0, 0.1) is 12.3 Å². The van der Waals surface area contributed by atoms with E-state index in [0.717, 1.165) is 72.8 Å². The molecule has 1 aromatic carbocycles. The van der Waals surface area contributed by atoms with Gasteiger partial charge in [0.05, 0.1) is 36.2 Å². The van der Waals surface area contributed by atoms with Gasteiger partial charge < -0.3 is 14.7 Å². The topological polar surface area (TPSA) is 100 Å². The number of hydrogen-bond donors (Lipinski definition) is 2. The van der Waals surface area contributed by atoms with Crippen molar-refractivity contribution in [3.63, 3.8) is 0 Å². The van der Waals surface area contributed by atoms with Crippen molar-refractivity contribution in [2.75, 3.05) is 24.6 Å². The molecule has 0 unspecified atom stereocenters. The summed E-state index contributed by atoms with van der Waals surface area (Å²) in [6.45, 7) is 6.70. The van der Waals surface area contributed by atoms with E-state index in [4.69, 9.17) is 14.7 Å². The van der Waals surface area contributed by atoms with Crippen LogP contribution in [0.15, 0.2) is 18.2 Å². The number of aliphatic hydroxyl groups excluding tert-OH is 1. The van der Waals surface area contributed by atoms with Crippen LogP contribution in [-0.2, 0) is 11.3 Å². The molecular weight excluding hydrogens is 368 g/mol. The average Bonchev–Trinajstić information content (AvgIpc) is 3.34. The molecule has 2 saturated heterocycles. The number of piperidine rings is 1. The zero-order valence-corrected chi connectivity index (χ0v) is 16.9. The number of aromatic amines is 1. The summed E-state index contributed by atoms with van der Waals surface area (Å²) in [5.41, 5.74) is 5.16. The average molecular weight is 394 g/mol. The molecule has 0 aliphatic carbocycles. The fraction of sp³-hybridized carbons (Fsp3) is 0.524. The predicted octanol–water partition coefficient (Wildman–Crippen LogP) is 2.61. The summed E-state index contributed by atoms with van der Waals surface area (Å²) in [6.07, 6.45) is 3.68. The number of hydrogen-bond acceptors (Lipinski definition) is 7. The molecule has 152 valence electrons. The molecule has 2 aliphatic rings. The van der Waals surface area contributed by atoms with Crippen LogP contribution >= 0.6 is 0 Å². The lowest BCUT2D eigenvalue weighted by molar-refractivity contribution is 0.0975. The highest BCUT2D eigenvalue weighted by atomic mass is 16.5. The Balaban J connectivity index is 1.43. The molecule has 2 aromatic heterocycles. The van der Waals surface area contributed by atoms with E-state index in [1.165, 1.54) is 0 Å². The van der Waals surface area contributed by atoms with Gasteiger partial charge >= 0.3 is 0 Å². The Morgan fingerprint density at radius 3 is 2.83 bits per heavy atom. The Hall–Kier alpha value is -2.58. The minimum Gasteiger partial charge on any atom is -0.390 e. The molecule has 4 heterocycles. The Morgan fingerprint density at radius 2 is 2.10 bits per heavy atom. The lowest BCUT2D eigenvalue weighted by Crippen LogP contribution is -2.41. The van der Waals surface area contributed by atoms with Crippen molar-refractivity contribution in [2.45, 2.75) is 45.8 Å². The fourth-order valence-corrected chi connectivity index (χ4v) is 4.76. The van der Waals surface area contributed by atoms with Gasteiger partial charge in [-0.2, -0.15) is 0 Å². The van der Waals surface area contributed by atoms with Crippen molar-refractivity contribution in [1.82, 2.24) is 25.4 Å². The number of aliphatic hydroxyl groups is 1. The number of benzene rings is 1. The van der Waals surface area contributed by atoms with Gasteiger partial charge in [0.15, 0.2) is 5.82 Å². The minimum absolute atomic E-state index is 0.134. The van der Waals surface area contributed by atoms with E-state index in [0.29, 0.717) is 17.2 Å². The maximum absolute atomic E-state index is 10.0. The standard InChI is InChI=1S/C21H26N6O2/c1-13-10-21(12-29-13)5-7-27(8-6-21)20-18(11-28)23-19(14(2)22-20)15-3-4-16-17(9-15)25-26-24-16/h3-4,9,13,28H,5-8,10-12H2,1-2H3,(H,24,25,26)/t13-/m0/s1. The summed E-state index contributed by atoms with van der Waals surface area (Å²) in [5, 5.41) is 20.8. The number of rotatable bonds is 3. The SMILES string of the molecule is Cc1nc(N2CCC3(CC2)CO[C@@H](C)C3)c(CO)nc1-c1ccc2nn[nH]c2c1. The maximum Gasteiger partial charge on any atom is 0.153 e. The molecule has 2 fully saturated rings. The monoisotopic (exact) mass is 394 g/mol. The van der Waals surface area contributed by atoms with Gasteiger partial charge in [0.1, 0.15) is 11.2 Å². The first-order chi connectivity index (χ1) is 14.1. The normalized spacial score (nSPS) is 21.3. The van der Waals surface area contributed by atoms with Gasteiger partial charge in [-0.25, -0.2) is 9.97 Å². The van der Waals surface area contributed by atoms with Crippen LogP contribution in [0.1, 0.15) is 37.6 Å². The zero-order valence-electron chi connectivity index (χ0n) is 16.9. The summed E-state index contributed by atoms with van der Waals surface area (Å²) in [5.74, 6) is 0.805. The summed E-state index contributed by atoms with van der Waals surface area (Å²) in [6, 6.07) is 5.85. The van der Waals surface area contributed by atoms with Gasteiger partial charge in [0.2, 0.25) is 0 Å². The highest BCUT2D eigenvalue weighted by Gasteiger charge is 2.41. The van der Waals surface area contributed by atoms with Crippen LogP contribution in [0.2, 0.25) is 0 Å². The number of nitrogens with zero attached hydrogens (tertiary/aromatic N) is 5. The summed E-state index contributed by atoms with van der Waals surface area (Å²) >= 11 is 0. The molecule has 0 saturated carbocycles. The lowest BCUT2D eigenvalue weighted by atomic mass is 9.77. The Kier molecular flexibility index (Phi) is 4.48. The second-order valence-corrected chi connectivity index (χ2v) is 8.44. The first-order valence-corrected chi connectivity index (χ1v) is 10.2. The molecule has 0 amide bonds. The van der Waals surface area contributed by atoms with E-state index >= 15 is 0 Å². The van der Waals surface area contributed by atoms with Crippen LogP contribution in [0.25, 0.3) is 22.3 Å². The summed E-state index contributed by atoms with van der Waals surface area (Å²) in [4.78, 5) is 11.9. The van der Waals surface area contributed by atoms with Crippen LogP contribution in [0.3, 0.4) is 0 Å². The Morgan fingerprint density at radius 1 is 1.28 bits per heavy atom. The van der Waals surface area contributed by atoms with Crippen molar-refractivity contribution in [3.8, 4) is 11.3 Å². The third-order valence-electron chi connectivity index (χ3n) is 6.39. The molecule has 3 aromatic rings. The van der Waals surface area contributed by atoms with Gasteiger partial charge in [-0.3, -0.25) is 5.10 Å². The van der Waals surface area contributed by atoms with E-state index in [-0.39, 0.29) is 6.61 Å². The van der Waals surface area contributed by atoms with Gasteiger partial charge in [-0.05, 0) is 50.7 Å². The molecule has 0 radical (unpaired) electrons. The summed E-state index contributed by atoms with van der Waals surface area (Å²) in [7, 11) is 0. The van der Waals surface area contributed by atoms with E-state index in [9.17, 15) is 5.11 Å². The molecule has 8 heteroatoms. The van der Waals surface area contributed by atoms with E-state index in [1.807, 2.05) is 25.1 Å². The lowest BCUT2D eigenvalue weighted by Gasteiger charge is -2.39. The number of aryl methyl sites for hydroxylation is 1. The van der Waals surface area contributed by atoms with Gasteiger partial charge in [0.25, 0.3) is 0 Å². The second kappa shape index (κ2) is 7.03. The fourth-order valence-electron chi connectivity index (χ4n) is 4.76. The highest BCUT2D eigenvalue weighted by molar-refractivity contribution is 5.80. The number of aromatic nitrogens is 5. The molecule has 29 heavy (non-hydrogen) atoms. The molecular formula is C21H26N6O2. The van der Waals surface area contributed by atoms with E-state index < -0.39 is 0 Å². The predicted molar refractivity (Wildman–Crippen MR) is 109 cm³/mol. The number of fused-ring (bicyclic) bond motifs is 1. The first kappa shape index (κ1) is 18.4. The van der Waals surface area contributed by atoms with Crippen molar-refractivity contribution >= 4 is 16.9 Å². The van der Waals surface area contributed by atoms with Gasteiger partial charge in [0, 0.05) is 18.7 Å². The molecule has 2 N–H and O–H groups in total. The van der Waals surface area contributed by atoms with Crippen LogP contribution in [0.4, 0.5) is 5.82 Å². The maximum atomic E-state index is 10.0. The van der Waals surface area contributed by atoms with Crippen LogP contribution in [-0.4, -0.2) is 56.3 Å². The molecule has 5 rings (SSSR count). The van der Waals surface area contributed by atoms with E-state index in [1.54, 1.807) is 0 Å². The van der Waals surface area contributed by atoms with Crippen molar-refractivity contribution < 1.29 is 9.84 Å². The number of ether oxygens (including phenoxy) is 1.